The number of likely N-dealkylation sites (N-methyl/N-ethyl adjacent to an activating group) is 1. The minimum atomic E-state index is -0.223. The maximum Gasteiger partial charge on any atom is 0.241 e. The Bertz CT molecular complexity index is 787. The summed E-state index contributed by atoms with van der Waals surface area (Å²) in [5.74, 6) is 1.29. The molecule has 0 saturated carbocycles. The summed E-state index contributed by atoms with van der Waals surface area (Å²) in [6.45, 7) is 4.06. The molecule has 2 rings (SSSR count). The van der Waals surface area contributed by atoms with E-state index in [1.165, 1.54) is 16.7 Å². The second-order valence-electron chi connectivity index (χ2n) is 6.35. The maximum atomic E-state index is 12.0. The van der Waals surface area contributed by atoms with Crippen molar-refractivity contribution in [2.24, 2.45) is 0 Å². The molecule has 1 heterocycles. The Morgan fingerprint density at radius 2 is 1.89 bits per heavy atom. The first-order chi connectivity index (χ1) is 12.8. The Labute approximate surface area is 163 Å². The summed E-state index contributed by atoms with van der Waals surface area (Å²) < 4.78 is 7.18. The summed E-state index contributed by atoms with van der Waals surface area (Å²) in [6.07, 6.45) is 0. The highest BCUT2D eigenvalue weighted by atomic mass is 32.2. The summed E-state index contributed by atoms with van der Waals surface area (Å²) in [5, 5.41) is 11.8. The predicted octanol–water partition coefficient (Wildman–Crippen LogP) is 1.83. The van der Waals surface area contributed by atoms with Gasteiger partial charge in [-0.1, -0.05) is 11.8 Å². The first kappa shape index (κ1) is 20.8. The van der Waals surface area contributed by atoms with Crippen molar-refractivity contribution < 1.29 is 14.3 Å². The van der Waals surface area contributed by atoms with Crippen molar-refractivity contribution in [2.45, 2.75) is 25.0 Å². The zero-order valence-electron chi connectivity index (χ0n) is 16.2. The number of nitrogens with one attached hydrogen (secondary N) is 1. The first-order valence-electron chi connectivity index (χ1n) is 8.52. The third-order valence-corrected chi connectivity index (χ3v) is 4.74. The molecule has 27 heavy (non-hydrogen) atoms. The number of nitrogens with zero attached hydrogens (tertiary/aromatic N) is 4. The fraction of sp³-hybridized carbons (Fsp3) is 0.444. The van der Waals surface area contributed by atoms with Gasteiger partial charge in [-0.3, -0.25) is 14.2 Å². The predicted molar refractivity (Wildman–Crippen MR) is 105 cm³/mol. The number of methoxy groups -OCH3 is 1. The number of carbonyl (C=O) groups excluding carboxylic acids is 2. The van der Waals surface area contributed by atoms with Crippen molar-refractivity contribution in [1.29, 1.82) is 0 Å². The molecule has 0 atom stereocenters. The third kappa shape index (κ3) is 5.46. The van der Waals surface area contributed by atoms with Crippen LogP contribution in [0.15, 0.2) is 29.4 Å². The SMILES string of the molecule is COc1ccc(-c2nnc(SCC(=O)NCC(=O)N(C)C)n2C(C)C)cc1. The lowest BCUT2D eigenvalue weighted by atomic mass is 10.2. The second-order valence-corrected chi connectivity index (χ2v) is 7.29. The molecule has 1 N–H and O–H groups in total. The zero-order valence-corrected chi connectivity index (χ0v) is 17.0. The molecular formula is C18H25N5O3S. The van der Waals surface area contributed by atoms with E-state index in [2.05, 4.69) is 15.5 Å². The van der Waals surface area contributed by atoms with Crippen LogP contribution in [-0.4, -0.2) is 65.0 Å². The van der Waals surface area contributed by atoms with Gasteiger partial charge in [-0.15, -0.1) is 10.2 Å². The van der Waals surface area contributed by atoms with Crippen LogP contribution in [-0.2, 0) is 9.59 Å². The van der Waals surface area contributed by atoms with Crippen LogP contribution < -0.4 is 10.1 Å². The first-order valence-corrected chi connectivity index (χ1v) is 9.51. The van der Waals surface area contributed by atoms with E-state index < -0.39 is 0 Å². The Balaban J connectivity index is 2.08. The monoisotopic (exact) mass is 391 g/mol. The van der Waals surface area contributed by atoms with E-state index >= 15 is 0 Å². The quantitative estimate of drug-likeness (QED) is 0.691. The van der Waals surface area contributed by atoms with Crippen molar-refractivity contribution in [3.05, 3.63) is 24.3 Å². The van der Waals surface area contributed by atoms with Gasteiger partial charge in [0.2, 0.25) is 11.8 Å². The molecule has 0 spiro atoms. The van der Waals surface area contributed by atoms with Crippen LogP contribution in [0, 0.1) is 0 Å². The molecule has 1 aromatic carbocycles. The molecule has 0 fully saturated rings. The number of aromatic nitrogens is 3. The molecular weight excluding hydrogens is 366 g/mol. The molecule has 146 valence electrons. The number of carbonyl (C=O) groups is 2. The van der Waals surface area contributed by atoms with Gasteiger partial charge < -0.3 is 15.0 Å². The molecule has 0 radical (unpaired) electrons. The number of amides is 2. The van der Waals surface area contributed by atoms with Gasteiger partial charge >= 0.3 is 0 Å². The maximum absolute atomic E-state index is 12.0. The zero-order chi connectivity index (χ0) is 20.0. The average molecular weight is 391 g/mol. The van der Waals surface area contributed by atoms with Gasteiger partial charge in [-0.05, 0) is 38.1 Å². The molecule has 0 aliphatic carbocycles. The summed E-state index contributed by atoms with van der Waals surface area (Å²) in [4.78, 5) is 25.0. The van der Waals surface area contributed by atoms with E-state index in [0.717, 1.165) is 17.1 Å². The Kier molecular flexibility index (Phi) is 7.23. The van der Waals surface area contributed by atoms with Crippen LogP contribution in [0.1, 0.15) is 19.9 Å². The minimum absolute atomic E-state index is 0.0135. The van der Waals surface area contributed by atoms with Gasteiger partial charge in [0.15, 0.2) is 11.0 Å². The van der Waals surface area contributed by atoms with E-state index in [-0.39, 0.29) is 30.2 Å². The van der Waals surface area contributed by atoms with Crippen molar-refractivity contribution >= 4 is 23.6 Å². The third-order valence-electron chi connectivity index (χ3n) is 3.80. The fourth-order valence-electron chi connectivity index (χ4n) is 2.29. The number of ether oxygens (including phenoxy) is 1. The standard InChI is InChI=1S/C18H25N5O3S/c1-12(2)23-17(13-6-8-14(26-5)9-7-13)20-21-18(23)27-11-15(24)19-10-16(25)22(3)4/h6-9,12H,10-11H2,1-5H3,(H,19,24). The molecule has 0 bridgehead atoms. The van der Waals surface area contributed by atoms with Crippen LogP contribution in [0.2, 0.25) is 0 Å². The summed E-state index contributed by atoms with van der Waals surface area (Å²) >= 11 is 1.29. The summed E-state index contributed by atoms with van der Waals surface area (Å²) in [5.41, 5.74) is 0.921. The largest absolute Gasteiger partial charge is 0.497 e. The Hall–Kier alpha value is -2.55. The molecule has 2 amide bonds. The summed E-state index contributed by atoms with van der Waals surface area (Å²) in [6, 6.07) is 7.72. The molecule has 1 aromatic heterocycles. The Morgan fingerprint density at radius 1 is 1.22 bits per heavy atom. The lowest BCUT2D eigenvalue weighted by molar-refractivity contribution is -0.130. The van der Waals surface area contributed by atoms with E-state index in [4.69, 9.17) is 4.74 Å². The van der Waals surface area contributed by atoms with E-state index in [0.29, 0.717) is 5.16 Å². The molecule has 2 aromatic rings. The van der Waals surface area contributed by atoms with Crippen molar-refractivity contribution in [3.8, 4) is 17.1 Å². The molecule has 0 saturated heterocycles. The van der Waals surface area contributed by atoms with Gasteiger partial charge in [-0.25, -0.2) is 0 Å². The number of benzene rings is 1. The number of hydrogen-bond donors (Lipinski definition) is 1. The van der Waals surface area contributed by atoms with Gasteiger partial charge in [0.25, 0.3) is 0 Å². The lowest BCUT2D eigenvalue weighted by Crippen LogP contribution is -2.37. The van der Waals surface area contributed by atoms with Crippen LogP contribution in [0.3, 0.4) is 0 Å². The van der Waals surface area contributed by atoms with Crippen molar-refractivity contribution in [1.82, 2.24) is 25.0 Å². The van der Waals surface area contributed by atoms with Crippen molar-refractivity contribution in [2.75, 3.05) is 33.5 Å². The van der Waals surface area contributed by atoms with Gasteiger partial charge in [0.1, 0.15) is 5.75 Å². The minimum Gasteiger partial charge on any atom is -0.497 e. The number of hydrogen-bond acceptors (Lipinski definition) is 6. The number of rotatable bonds is 8. The van der Waals surface area contributed by atoms with Crippen molar-refractivity contribution in [3.63, 3.8) is 0 Å². The van der Waals surface area contributed by atoms with Gasteiger partial charge in [-0.2, -0.15) is 0 Å². The van der Waals surface area contributed by atoms with Crippen LogP contribution in [0.5, 0.6) is 5.75 Å². The fourth-order valence-corrected chi connectivity index (χ4v) is 3.19. The summed E-state index contributed by atoms with van der Waals surface area (Å²) in [7, 11) is 4.92. The smallest absolute Gasteiger partial charge is 0.241 e. The highest BCUT2D eigenvalue weighted by Crippen LogP contribution is 2.28. The normalized spacial score (nSPS) is 10.7. The average Bonchev–Trinajstić information content (AvgIpc) is 3.08. The molecule has 0 aliphatic rings. The molecule has 0 aliphatic heterocycles. The van der Waals surface area contributed by atoms with Crippen LogP contribution in [0.25, 0.3) is 11.4 Å². The van der Waals surface area contributed by atoms with E-state index in [1.807, 2.05) is 42.7 Å². The Morgan fingerprint density at radius 3 is 2.44 bits per heavy atom. The molecule has 8 nitrogen and oxygen atoms in total. The molecule has 0 unspecified atom stereocenters. The highest BCUT2D eigenvalue weighted by Gasteiger charge is 2.18. The number of thioether (sulfide) groups is 1. The lowest BCUT2D eigenvalue weighted by Gasteiger charge is -2.14. The van der Waals surface area contributed by atoms with Gasteiger partial charge in [0.05, 0.1) is 19.4 Å². The topological polar surface area (TPSA) is 89.3 Å². The van der Waals surface area contributed by atoms with Crippen LogP contribution >= 0.6 is 11.8 Å². The molecule has 9 heteroatoms. The van der Waals surface area contributed by atoms with E-state index in [9.17, 15) is 9.59 Å². The van der Waals surface area contributed by atoms with Crippen LogP contribution in [0.4, 0.5) is 0 Å². The van der Waals surface area contributed by atoms with Gasteiger partial charge in [0, 0.05) is 25.7 Å². The second kappa shape index (κ2) is 9.40. The van der Waals surface area contributed by atoms with E-state index in [1.54, 1.807) is 21.2 Å². The highest BCUT2D eigenvalue weighted by molar-refractivity contribution is 7.99.